The first-order valence-corrected chi connectivity index (χ1v) is 5.19. The zero-order valence-electron chi connectivity index (χ0n) is 9.38. The first kappa shape index (κ1) is 12.0. The fourth-order valence-corrected chi connectivity index (χ4v) is 1.52. The number of nitrogens with one attached hydrogen (secondary N) is 1. The molecule has 1 saturated carbocycles. The third kappa shape index (κ3) is 3.51. The molecule has 0 unspecified atom stereocenters. The summed E-state index contributed by atoms with van der Waals surface area (Å²) in [6, 6.07) is 0. The second kappa shape index (κ2) is 4.61. The Morgan fingerprint density at radius 1 is 1.40 bits per heavy atom. The van der Waals surface area contributed by atoms with Crippen LogP contribution in [0.15, 0.2) is 0 Å². The molecule has 0 radical (unpaired) electrons. The van der Waals surface area contributed by atoms with Gasteiger partial charge in [-0.05, 0) is 19.3 Å². The molecule has 2 amide bonds. The third-order valence-corrected chi connectivity index (χ3v) is 2.80. The second-order valence-corrected chi connectivity index (χ2v) is 4.46. The van der Waals surface area contributed by atoms with Crippen LogP contribution in [-0.2, 0) is 9.59 Å². The van der Waals surface area contributed by atoms with Crippen molar-refractivity contribution in [2.24, 2.45) is 5.73 Å². The van der Waals surface area contributed by atoms with Crippen molar-refractivity contribution in [1.29, 1.82) is 0 Å². The molecule has 1 rings (SSSR count). The summed E-state index contributed by atoms with van der Waals surface area (Å²) in [4.78, 5) is 24.0. The van der Waals surface area contributed by atoms with Crippen LogP contribution in [0, 0.1) is 0 Å². The average molecular weight is 213 g/mol. The van der Waals surface area contributed by atoms with Gasteiger partial charge in [0.2, 0.25) is 11.8 Å². The summed E-state index contributed by atoms with van der Waals surface area (Å²) in [6.45, 7) is 0.0575. The van der Waals surface area contributed by atoms with Crippen LogP contribution in [0.25, 0.3) is 0 Å². The lowest BCUT2D eigenvalue weighted by atomic mass is 9.75. The van der Waals surface area contributed by atoms with Crippen molar-refractivity contribution in [3.63, 3.8) is 0 Å². The van der Waals surface area contributed by atoms with Crippen molar-refractivity contribution < 1.29 is 9.59 Å². The van der Waals surface area contributed by atoms with Crippen LogP contribution >= 0.6 is 0 Å². The summed E-state index contributed by atoms with van der Waals surface area (Å²) in [6.07, 6.45) is 3.23. The summed E-state index contributed by atoms with van der Waals surface area (Å²) in [5.41, 5.74) is 5.60. The highest BCUT2D eigenvalue weighted by Crippen LogP contribution is 2.31. The zero-order valence-corrected chi connectivity index (χ0v) is 9.38. The summed E-state index contributed by atoms with van der Waals surface area (Å²) < 4.78 is 0. The molecule has 86 valence electrons. The minimum absolute atomic E-state index is 0.0575. The minimum Gasteiger partial charge on any atom is -0.347 e. The molecule has 0 saturated heterocycles. The molecule has 0 aliphatic heterocycles. The lowest BCUT2D eigenvalue weighted by Gasteiger charge is -2.37. The summed E-state index contributed by atoms with van der Waals surface area (Å²) in [7, 11) is 3.32. The van der Waals surface area contributed by atoms with Gasteiger partial charge in [-0.25, -0.2) is 0 Å². The van der Waals surface area contributed by atoms with Crippen LogP contribution in [0.2, 0.25) is 0 Å². The van der Waals surface area contributed by atoms with Crippen molar-refractivity contribution in [1.82, 2.24) is 10.2 Å². The Kier molecular flexibility index (Phi) is 3.68. The Morgan fingerprint density at radius 2 is 2.00 bits per heavy atom. The van der Waals surface area contributed by atoms with Gasteiger partial charge in [0.05, 0.1) is 6.54 Å². The van der Waals surface area contributed by atoms with Gasteiger partial charge in [-0.2, -0.15) is 0 Å². The molecular formula is C10H19N3O2. The van der Waals surface area contributed by atoms with E-state index >= 15 is 0 Å². The standard InChI is InChI=1S/C10H19N3O2/c1-13(2)9(15)7-12-8(14)6-10(11)4-3-5-10/h3-7,11H2,1-2H3,(H,12,14). The molecule has 15 heavy (non-hydrogen) atoms. The average Bonchev–Trinajstić information content (AvgIpc) is 2.11. The van der Waals surface area contributed by atoms with E-state index in [2.05, 4.69) is 5.32 Å². The predicted octanol–water partition coefficient (Wildman–Crippen LogP) is -0.538. The molecule has 5 nitrogen and oxygen atoms in total. The first-order chi connectivity index (χ1) is 6.93. The summed E-state index contributed by atoms with van der Waals surface area (Å²) in [5, 5.41) is 2.58. The molecule has 5 heteroatoms. The molecule has 1 aliphatic rings. The number of nitrogens with two attached hydrogens (primary N) is 1. The number of hydrogen-bond donors (Lipinski definition) is 2. The topological polar surface area (TPSA) is 75.4 Å². The Morgan fingerprint density at radius 3 is 2.40 bits per heavy atom. The highest BCUT2D eigenvalue weighted by molar-refractivity contribution is 5.84. The Balaban J connectivity index is 2.22. The van der Waals surface area contributed by atoms with E-state index in [0.717, 1.165) is 19.3 Å². The fraction of sp³-hybridized carbons (Fsp3) is 0.800. The predicted molar refractivity (Wildman–Crippen MR) is 57.1 cm³/mol. The van der Waals surface area contributed by atoms with Crippen LogP contribution in [0.5, 0.6) is 0 Å². The highest BCUT2D eigenvalue weighted by Gasteiger charge is 2.34. The molecule has 0 atom stereocenters. The van der Waals surface area contributed by atoms with Gasteiger partial charge >= 0.3 is 0 Å². The Labute approximate surface area is 90.0 Å². The van der Waals surface area contributed by atoms with Gasteiger partial charge in [0.15, 0.2) is 0 Å². The monoisotopic (exact) mass is 213 g/mol. The Hall–Kier alpha value is -1.10. The molecule has 0 heterocycles. The number of likely N-dealkylation sites (N-methyl/N-ethyl adjacent to an activating group) is 1. The van der Waals surface area contributed by atoms with Crippen LogP contribution in [0.4, 0.5) is 0 Å². The fourth-order valence-electron chi connectivity index (χ4n) is 1.52. The smallest absolute Gasteiger partial charge is 0.241 e. The summed E-state index contributed by atoms with van der Waals surface area (Å²) in [5.74, 6) is -0.240. The largest absolute Gasteiger partial charge is 0.347 e. The molecule has 0 aromatic rings. The summed E-state index contributed by atoms with van der Waals surface area (Å²) >= 11 is 0. The van der Waals surface area contributed by atoms with Gasteiger partial charge in [0.25, 0.3) is 0 Å². The van der Waals surface area contributed by atoms with Gasteiger partial charge < -0.3 is 16.0 Å². The van der Waals surface area contributed by atoms with E-state index in [1.54, 1.807) is 14.1 Å². The molecular weight excluding hydrogens is 194 g/mol. The first-order valence-electron chi connectivity index (χ1n) is 5.19. The molecule has 0 bridgehead atoms. The quantitative estimate of drug-likeness (QED) is 0.658. The van der Waals surface area contributed by atoms with E-state index in [4.69, 9.17) is 5.73 Å². The third-order valence-electron chi connectivity index (χ3n) is 2.80. The van der Waals surface area contributed by atoms with Gasteiger partial charge in [0, 0.05) is 26.1 Å². The van der Waals surface area contributed by atoms with E-state index in [-0.39, 0.29) is 23.9 Å². The van der Waals surface area contributed by atoms with Crippen LogP contribution in [0.3, 0.4) is 0 Å². The normalized spacial score (nSPS) is 17.8. The molecule has 0 aromatic carbocycles. The number of rotatable bonds is 4. The second-order valence-electron chi connectivity index (χ2n) is 4.46. The van der Waals surface area contributed by atoms with E-state index in [0.29, 0.717) is 6.42 Å². The Bertz CT molecular complexity index is 259. The maximum atomic E-state index is 11.4. The lowest BCUT2D eigenvalue weighted by molar-refractivity contribution is -0.131. The van der Waals surface area contributed by atoms with Crippen LogP contribution < -0.4 is 11.1 Å². The van der Waals surface area contributed by atoms with E-state index in [9.17, 15) is 9.59 Å². The molecule has 1 aliphatic carbocycles. The van der Waals surface area contributed by atoms with Crippen molar-refractivity contribution >= 4 is 11.8 Å². The number of nitrogens with zero attached hydrogens (tertiary/aromatic N) is 1. The SMILES string of the molecule is CN(C)C(=O)CNC(=O)CC1(N)CCC1. The van der Waals surface area contributed by atoms with Crippen molar-refractivity contribution in [2.75, 3.05) is 20.6 Å². The molecule has 1 fully saturated rings. The van der Waals surface area contributed by atoms with E-state index < -0.39 is 0 Å². The zero-order chi connectivity index (χ0) is 11.5. The van der Waals surface area contributed by atoms with Crippen LogP contribution in [-0.4, -0.2) is 42.9 Å². The van der Waals surface area contributed by atoms with Crippen LogP contribution in [0.1, 0.15) is 25.7 Å². The highest BCUT2D eigenvalue weighted by atomic mass is 16.2. The number of amides is 2. The number of carbonyl (C=O) groups excluding carboxylic acids is 2. The number of carbonyl (C=O) groups is 2. The molecule has 0 aromatic heterocycles. The maximum Gasteiger partial charge on any atom is 0.241 e. The molecule has 3 N–H and O–H groups in total. The van der Waals surface area contributed by atoms with E-state index in [1.165, 1.54) is 4.90 Å². The van der Waals surface area contributed by atoms with Crippen molar-refractivity contribution in [3.8, 4) is 0 Å². The van der Waals surface area contributed by atoms with Gasteiger partial charge in [0.1, 0.15) is 0 Å². The minimum atomic E-state index is -0.314. The van der Waals surface area contributed by atoms with Gasteiger partial charge in [-0.3, -0.25) is 9.59 Å². The van der Waals surface area contributed by atoms with E-state index in [1.807, 2.05) is 0 Å². The molecule has 0 spiro atoms. The maximum absolute atomic E-state index is 11.4. The van der Waals surface area contributed by atoms with Gasteiger partial charge in [-0.15, -0.1) is 0 Å². The van der Waals surface area contributed by atoms with Crippen molar-refractivity contribution in [3.05, 3.63) is 0 Å². The van der Waals surface area contributed by atoms with Gasteiger partial charge in [-0.1, -0.05) is 0 Å². The lowest BCUT2D eigenvalue weighted by Crippen LogP contribution is -2.50. The van der Waals surface area contributed by atoms with Crippen molar-refractivity contribution in [2.45, 2.75) is 31.2 Å². The number of hydrogen-bond acceptors (Lipinski definition) is 3.